The van der Waals surface area contributed by atoms with E-state index in [-0.39, 0.29) is 12.0 Å². The molecule has 6 heteroatoms. The SMILES string of the molecule is Cc1cc(N)cc([C@H]2CN(C(=O)c3cccn3C)CCO2)n1. The van der Waals surface area contributed by atoms with Crippen LogP contribution in [-0.4, -0.2) is 40.1 Å². The Morgan fingerprint density at radius 1 is 1.45 bits per heavy atom. The van der Waals surface area contributed by atoms with Crippen LogP contribution in [0.25, 0.3) is 0 Å². The molecule has 22 heavy (non-hydrogen) atoms. The van der Waals surface area contributed by atoms with Crippen LogP contribution in [-0.2, 0) is 11.8 Å². The number of aromatic nitrogens is 2. The summed E-state index contributed by atoms with van der Waals surface area (Å²) in [6, 6.07) is 7.33. The number of morpholine rings is 1. The van der Waals surface area contributed by atoms with Crippen molar-refractivity contribution in [2.24, 2.45) is 7.05 Å². The van der Waals surface area contributed by atoms with Crippen molar-refractivity contribution in [1.82, 2.24) is 14.5 Å². The predicted octanol–water partition coefficient (Wildman–Crippen LogP) is 1.52. The molecule has 2 aromatic heterocycles. The van der Waals surface area contributed by atoms with Crippen LogP contribution < -0.4 is 5.73 Å². The lowest BCUT2D eigenvalue weighted by atomic mass is 10.1. The highest BCUT2D eigenvalue weighted by atomic mass is 16.5. The Labute approximate surface area is 129 Å². The Hall–Kier alpha value is -2.34. The van der Waals surface area contributed by atoms with Crippen LogP contribution in [0.15, 0.2) is 30.5 Å². The van der Waals surface area contributed by atoms with Gasteiger partial charge in [0.2, 0.25) is 0 Å². The standard InChI is InChI=1S/C16H20N4O2/c1-11-8-12(17)9-13(18-11)15-10-20(6-7-22-15)16(21)14-4-3-5-19(14)2/h3-5,8-9,15H,6-7,10H2,1-2H3,(H2,17,18)/t15-/m1/s1. The third-order valence-electron chi connectivity index (χ3n) is 3.84. The molecular weight excluding hydrogens is 280 g/mol. The molecule has 1 atom stereocenters. The number of carbonyl (C=O) groups excluding carboxylic acids is 1. The summed E-state index contributed by atoms with van der Waals surface area (Å²) in [7, 11) is 1.87. The van der Waals surface area contributed by atoms with Crippen molar-refractivity contribution in [3.05, 3.63) is 47.5 Å². The van der Waals surface area contributed by atoms with E-state index in [9.17, 15) is 4.79 Å². The Balaban J connectivity index is 1.79. The number of nitrogens with two attached hydrogens (primary N) is 1. The van der Waals surface area contributed by atoms with Gasteiger partial charge in [0.15, 0.2) is 0 Å². The van der Waals surface area contributed by atoms with Crippen molar-refractivity contribution in [2.75, 3.05) is 25.4 Å². The first-order chi connectivity index (χ1) is 10.5. The molecule has 0 bridgehead atoms. The summed E-state index contributed by atoms with van der Waals surface area (Å²) in [5, 5.41) is 0. The molecule has 1 saturated heterocycles. The van der Waals surface area contributed by atoms with Gasteiger partial charge in [0.25, 0.3) is 5.91 Å². The molecule has 3 heterocycles. The minimum Gasteiger partial charge on any atom is -0.399 e. The van der Waals surface area contributed by atoms with Crippen LogP contribution in [0.1, 0.15) is 28.0 Å². The average Bonchev–Trinajstić information content (AvgIpc) is 2.92. The first-order valence-electron chi connectivity index (χ1n) is 7.31. The van der Waals surface area contributed by atoms with Crippen LogP contribution in [0, 0.1) is 6.92 Å². The average molecular weight is 300 g/mol. The van der Waals surface area contributed by atoms with Gasteiger partial charge in [-0.25, -0.2) is 0 Å². The van der Waals surface area contributed by atoms with Gasteiger partial charge in [-0.15, -0.1) is 0 Å². The molecule has 1 aliphatic rings. The molecule has 0 aromatic carbocycles. The number of anilines is 1. The quantitative estimate of drug-likeness (QED) is 0.912. The van der Waals surface area contributed by atoms with E-state index in [1.165, 1.54) is 0 Å². The smallest absolute Gasteiger partial charge is 0.270 e. The minimum absolute atomic E-state index is 0.0152. The summed E-state index contributed by atoms with van der Waals surface area (Å²) < 4.78 is 7.61. The Morgan fingerprint density at radius 2 is 2.27 bits per heavy atom. The normalized spacial score (nSPS) is 18.5. The molecule has 6 nitrogen and oxygen atoms in total. The second-order valence-corrected chi connectivity index (χ2v) is 5.58. The predicted molar refractivity (Wildman–Crippen MR) is 83.4 cm³/mol. The van der Waals surface area contributed by atoms with E-state index < -0.39 is 0 Å². The van der Waals surface area contributed by atoms with Crippen molar-refractivity contribution >= 4 is 11.6 Å². The summed E-state index contributed by atoms with van der Waals surface area (Å²) >= 11 is 0. The molecule has 0 unspecified atom stereocenters. The Kier molecular flexibility index (Phi) is 3.85. The number of hydrogen-bond acceptors (Lipinski definition) is 4. The molecule has 0 radical (unpaired) electrons. The van der Waals surface area contributed by atoms with Gasteiger partial charge in [0.05, 0.1) is 18.8 Å². The van der Waals surface area contributed by atoms with Gasteiger partial charge in [0.1, 0.15) is 11.8 Å². The minimum atomic E-state index is -0.236. The molecule has 2 N–H and O–H groups in total. The molecule has 116 valence electrons. The van der Waals surface area contributed by atoms with E-state index in [1.807, 2.05) is 53.9 Å². The largest absolute Gasteiger partial charge is 0.399 e. The summed E-state index contributed by atoms with van der Waals surface area (Å²) in [5.41, 5.74) is 8.85. The summed E-state index contributed by atoms with van der Waals surface area (Å²) in [6.45, 7) is 3.47. The third kappa shape index (κ3) is 2.82. The van der Waals surface area contributed by atoms with Gasteiger partial charge in [-0.2, -0.15) is 0 Å². The molecule has 0 spiro atoms. The van der Waals surface area contributed by atoms with Gasteiger partial charge in [-0.3, -0.25) is 9.78 Å². The number of amides is 1. The maximum absolute atomic E-state index is 12.6. The summed E-state index contributed by atoms with van der Waals surface area (Å²) in [6.07, 6.45) is 1.63. The van der Waals surface area contributed by atoms with Gasteiger partial charge in [0, 0.05) is 31.2 Å². The summed E-state index contributed by atoms with van der Waals surface area (Å²) in [5.74, 6) is 0.0152. The highest BCUT2D eigenvalue weighted by molar-refractivity contribution is 5.92. The van der Waals surface area contributed by atoms with E-state index in [0.29, 0.717) is 31.1 Å². The fourth-order valence-electron chi connectivity index (χ4n) is 2.74. The number of pyridine rings is 1. The first kappa shape index (κ1) is 14.6. The maximum atomic E-state index is 12.6. The Morgan fingerprint density at radius 3 is 2.95 bits per heavy atom. The van der Waals surface area contributed by atoms with Crippen LogP contribution in [0.2, 0.25) is 0 Å². The highest BCUT2D eigenvalue weighted by Crippen LogP contribution is 2.23. The maximum Gasteiger partial charge on any atom is 0.270 e. The monoisotopic (exact) mass is 300 g/mol. The second-order valence-electron chi connectivity index (χ2n) is 5.58. The van der Waals surface area contributed by atoms with E-state index in [0.717, 1.165) is 11.4 Å². The van der Waals surface area contributed by atoms with Gasteiger partial charge >= 0.3 is 0 Å². The molecule has 0 saturated carbocycles. The lowest BCUT2D eigenvalue weighted by Crippen LogP contribution is -2.43. The number of carbonyl (C=O) groups is 1. The van der Waals surface area contributed by atoms with Crippen LogP contribution in [0.4, 0.5) is 5.69 Å². The number of ether oxygens (including phenoxy) is 1. The van der Waals surface area contributed by atoms with Crippen molar-refractivity contribution in [3.8, 4) is 0 Å². The lowest BCUT2D eigenvalue weighted by molar-refractivity contribution is -0.0250. The number of nitrogen functional groups attached to an aromatic ring is 1. The van der Waals surface area contributed by atoms with Gasteiger partial charge in [-0.1, -0.05) is 0 Å². The van der Waals surface area contributed by atoms with E-state index in [2.05, 4.69) is 4.98 Å². The Bertz CT molecular complexity index is 675. The topological polar surface area (TPSA) is 73.4 Å². The zero-order valence-electron chi connectivity index (χ0n) is 12.8. The molecule has 2 aromatic rings. The van der Waals surface area contributed by atoms with E-state index >= 15 is 0 Å². The fraction of sp³-hybridized carbons (Fsp3) is 0.375. The molecule has 1 fully saturated rings. The van der Waals surface area contributed by atoms with Gasteiger partial charge < -0.3 is 19.9 Å². The molecular formula is C16H20N4O2. The molecule has 1 amide bonds. The van der Waals surface area contributed by atoms with Crippen molar-refractivity contribution in [3.63, 3.8) is 0 Å². The first-order valence-corrected chi connectivity index (χ1v) is 7.31. The number of hydrogen-bond donors (Lipinski definition) is 1. The molecule has 1 aliphatic heterocycles. The molecule has 0 aliphatic carbocycles. The second kappa shape index (κ2) is 5.81. The zero-order valence-corrected chi connectivity index (χ0v) is 12.8. The van der Waals surface area contributed by atoms with E-state index in [4.69, 9.17) is 10.5 Å². The zero-order chi connectivity index (χ0) is 15.7. The third-order valence-corrected chi connectivity index (χ3v) is 3.84. The van der Waals surface area contributed by atoms with Crippen molar-refractivity contribution in [1.29, 1.82) is 0 Å². The number of rotatable bonds is 2. The molecule has 3 rings (SSSR count). The van der Waals surface area contributed by atoms with Gasteiger partial charge in [-0.05, 0) is 31.2 Å². The van der Waals surface area contributed by atoms with Crippen LogP contribution in [0.3, 0.4) is 0 Å². The van der Waals surface area contributed by atoms with E-state index in [1.54, 1.807) is 0 Å². The summed E-state index contributed by atoms with van der Waals surface area (Å²) in [4.78, 5) is 18.9. The lowest BCUT2D eigenvalue weighted by Gasteiger charge is -2.33. The van der Waals surface area contributed by atoms with Crippen molar-refractivity contribution < 1.29 is 9.53 Å². The van der Waals surface area contributed by atoms with Crippen LogP contribution in [0.5, 0.6) is 0 Å². The van der Waals surface area contributed by atoms with Crippen LogP contribution >= 0.6 is 0 Å². The number of nitrogens with zero attached hydrogens (tertiary/aromatic N) is 3. The van der Waals surface area contributed by atoms with Crippen molar-refractivity contribution in [2.45, 2.75) is 13.0 Å². The number of aryl methyl sites for hydroxylation is 2. The fourth-order valence-corrected chi connectivity index (χ4v) is 2.74. The highest BCUT2D eigenvalue weighted by Gasteiger charge is 2.28.